The summed E-state index contributed by atoms with van der Waals surface area (Å²) in [5.41, 5.74) is 2.16. The second-order valence-corrected chi connectivity index (χ2v) is 6.37. The van der Waals surface area contributed by atoms with Crippen LogP contribution in [0.3, 0.4) is 0 Å². The molecule has 0 spiro atoms. The molecule has 3 heterocycles. The van der Waals surface area contributed by atoms with E-state index in [0.717, 1.165) is 0 Å². The Labute approximate surface area is 177 Å². The third-order valence-corrected chi connectivity index (χ3v) is 4.52. The van der Waals surface area contributed by atoms with E-state index in [1.165, 1.54) is 19.4 Å². The van der Waals surface area contributed by atoms with Crippen molar-refractivity contribution in [1.29, 1.82) is 0 Å². The molecule has 0 fully saturated rings. The van der Waals surface area contributed by atoms with E-state index in [9.17, 15) is 4.39 Å². The fourth-order valence-electron chi connectivity index (χ4n) is 3.10. The summed E-state index contributed by atoms with van der Waals surface area (Å²) in [5.74, 6) is 1.16. The number of pyridine rings is 1. The first-order valence-corrected chi connectivity index (χ1v) is 9.25. The smallest absolute Gasteiger partial charge is 0.213 e. The maximum absolute atomic E-state index is 14.0. The van der Waals surface area contributed by atoms with E-state index in [2.05, 4.69) is 25.1 Å². The summed E-state index contributed by atoms with van der Waals surface area (Å²) in [6.07, 6.45) is 4.73. The Hall–Kier alpha value is -3.92. The highest BCUT2D eigenvalue weighted by Gasteiger charge is 2.18. The number of rotatable bonds is 7. The van der Waals surface area contributed by atoms with Gasteiger partial charge in [-0.3, -0.25) is 9.55 Å². The van der Waals surface area contributed by atoms with Gasteiger partial charge in [0.25, 0.3) is 0 Å². The standard InChI is InChI=1S/C21H19FN6O3/c1-29-12-18-26-27-21(28(18)13-7-8-19(30-2)25-9-13)17-11-23-16(10-24-17)14-5-4-6-15(22)20(14)31-3/h4-11H,12H2,1-3H3. The van der Waals surface area contributed by atoms with E-state index in [1.54, 1.807) is 49.4 Å². The topological polar surface area (TPSA) is 97.1 Å². The third kappa shape index (κ3) is 3.92. The van der Waals surface area contributed by atoms with Crippen LogP contribution in [0.5, 0.6) is 11.6 Å². The number of aromatic nitrogens is 6. The van der Waals surface area contributed by atoms with E-state index in [1.807, 2.05) is 6.07 Å². The monoisotopic (exact) mass is 422 g/mol. The molecular formula is C21H19FN6O3. The number of methoxy groups -OCH3 is 3. The van der Waals surface area contributed by atoms with Crippen LogP contribution in [-0.4, -0.2) is 51.0 Å². The van der Waals surface area contributed by atoms with Gasteiger partial charge in [0.05, 0.1) is 44.2 Å². The van der Waals surface area contributed by atoms with Crippen LogP contribution in [0, 0.1) is 5.82 Å². The van der Waals surface area contributed by atoms with Crippen molar-refractivity contribution in [3.05, 3.63) is 60.6 Å². The SMILES string of the molecule is COCc1nnc(-c2cnc(-c3cccc(F)c3OC)cn2)n1-c1ccc(OC)nc1. The maximum Gasteiger partial charge on any atom is 0.213 e. The highest BCUT2D eigenvalue weighted by atomic mass is 19.1. The van der Waals surface area contributed by atoms with Gasteiger partial charge in [-0.15, -0.1) is 10.2 Å². The van der Waals surface area contributed by atoms with Gasteiger partial charge in [0.2, 0.25) is 5.88 Å². The summed E-state index contributed by atoms with van der Waals surface area (Å²) < 4.78 is 31.4. The van der Waals surface area contributed by atoms with Crippen LogP contribution in [0.15, 0.2) is 48.9 Å². The van der Waals surface area contributed by atoms with Gasteiger partial charge in [-0.1, -0.05) is 6.07 Å². The second kappa shape index (κ2) is 8.84. The molecule has 31 heavy (non-hydrogen) atoms. The zero-order valence-electron chi connectivity index (χ0n) is 17.1. The van der Waals surface area contributed by atoms with Gasteiger partial charge < -0.3 is 14.2 Å². The molecule has 0 aliphatic heterocycles. The lowest BCUT2D eigenvalue weighted by Crippen LogP contribution is -2.06. The molecule has 0 amide bonds. The number of nitrogens with zero attached hydrogens (tertiary/aromatic N) is 6. The van der Waals surface area contributed by atoms with Crippen molar-refractivity contribution in [1.82, 2.24) is 29.7 Å². The predicted molar refractivity (Wildman–Crippen MR) is 109 cm³/mol. The summed E-state index contributed by atoms with van der Waals surface area (Å²) in [6, 6.07) is 8.20. The molecule has 0 aliphatic carbocycles. The van der Waals surface area contributed by atoms with Crippen LogP contribution in [0.4, 0.5) is 4.39 Å². The lowest BCUT2D eigenvalue weighted by Gasteiger charge is -2.11. The molecule has 3 aromatic heterocycles. The maximum atomic E-state index is 14.0. The molecule has 0 unspecified atom stereocenters. The molecule has 0 bridgehead atoms. The summed E-state index contributed by atoms with van der Waals surface area (Å²) in [6.45, 7) is 0.241. The van der Waals surface area contributed by atoms with Crippen LogP contribution < -0.4 is 9.47 Å². The van der Waals surface area contributed by atoms with Gasteiger partial charge >= 0.3 is 0 Å². The average molecular weight is 422 g/mol. The first-order valence-electron chi connectivity index (χ1n) is 9.25. The van der Waals surface area contributed by atoms with E-state index >= 15 is 0 Å². The van der Waals surface area contributed by atoms with Crippen molar-refractivity contribution in [3.63, 3.8) is 0 Å². The highest BCUT2D eigenvalue weighted by Crippen LogP contribution is 2.31. The Morgan fingerprint density at radius 3 is 2.32 bits per heavy atom. The second-order valence-electron chi connectivity index (χ2n) is 6.37. The van der Waals surface area contributed by atoms with Crippen molar-refractivity contribution < 1.29 is 18.6 Å². The Kier molecular flexibility index (Phi) is 5.80. The molecular weight excluding hydrogens is 403 g/mol. The molecule has 1 aromatic carbocycles. The molecule has 0 radical (unpaired) electrons. The zero-order valence-corrected chi connectivity index (χ0v) is 17.1. The minimum Gasteiger partial charge on any atom is -0.493 e. The quantitative estimate of drug-likeness (QED) is 0.448. The number of halogens is 1. The minimum atomic E-state index is -0.471. The van der Waals surface area contributed by atoms with Gasteiger partial charge in [-0.2, -0.15) is 0 Å². The van der Waals surface area contributed by atoms with Gasteiger partial charge in [-0.05, 0) is 18.2 Å². The van der Waals surface area contributed by atoms with E-state index in [4.69, 9.17) is 14.2 Å². The molecule has 10 heteroatoms. The summed E-state index contributed by atoms with van der Waals surface area (Å²) in [4.78, 5) is 13.2. The van der Waals surface area contributed by atoms with Crippen molar-refractivity contribution in [2.45, 2.75) is 6.61 Å². The van der Waals surface area contributed by atoms with Crippen LogP contribution in [0.25, 0.3) is 28.5 Å². The number of para-hydroxylation sites is 1. The van der Waals surface area contributed by atoms with Gasteiger partial charge in [0.15, 0.2) is 23.2 Å². The Bertz CT molecular complexity index is 1180. The molecule has 0 aliphatic rings. The fraction of sp³-hybridized carbons (Fsp3) is 0.190. The normalized spacial score (nSPS) is 10.8. The van der Waals surface area contributed by atoms with Crippen LogP contribution in [0.1, 0.15) is 5.82 Å². The van der Waals surface area contributed by atoms with E-state index in [-0.39, 0.29) is 12.4 Å². The van der Waals surface area contributed by atoms with Gasteiger partial charge in [-0.25, -0.2) is 14.4 Å². The molecule has 0 atom stereocenters. The Balaban J connectivity index is 1.76. The zero-order chi connectivity index (χ0) is 21.8. The molecule has 0 saturated carbocycles. The minimum absolute atomic E-state index is 0.111. The third-order valence-electron chi connectivity index (χ3n) is 4.52. The summed E-state index contributed by atoms with van der Waals surface area (Å²) >= 11 is 0. The number of ether oxygens (including phenoxy) is 3. The molecule has 9 nitrogen and oxygen atoms in total. The molecule has 158 valence electrons. The molecule has 0 saturated heterocycles. The van der Waals surface area contributed by atoms with E-state index < -0.39 is 5.82 Å². The van der Waals surface area contributed by atoms with Crippen LogP contribution in [-0.2, 0) is 11.3 Å². The summed E-state index contributed by atoms with van der Waals surface area (Å²) in [7, 11) is 4.53. The highest BCUT2D eigenvalue weighted by molar-refractivity contribution is 5.67. The first kappa shape index (κ1) is 20.4. The van der Waals surface area contributed by atoms with Crippen molar-refractivity contribution >= 4 is 0 Å². The average Bonchev–Trinajstić information content (AvgIpc) is 3.23. The van der Waals surface area contributed by atoms with Gasteiger partial charge in [0, 0.05) is 18.7 Å². The van der Waals surface area contributed by atoms with Crippen molar-refractivity contribution in [3.8, 4) is 40.1 Å². The number of benzene rings is 1. The summed E-state index contributed by atoms with van der Waals surface area (Å²) in [5, 5.41) is 8.47. The van der Waals surface area contributed by atoms with Gasteiger partial charge in [0.1, 0.15) is 12.3 Å². The lowest BCUT2D eigenvalue weighted by molar-refractivity contribution is 0.176. The molecule has 4 rings (SSSR count). The number of hydrogen-bond donors (Lipinski definition) is 0. The molecule has 0 N–H and O–H groups in total. The lowest BCUT2D eigenvalue weighted by atomic mass is 10.1. The van der Waals surface area contributed by atoms with Crippen LogP contribution >= 0.6 is 0 Å². The van der Waals surface area contributed by atoms with E-state index in [0.29, 0.717) is 40.2 Å². The fourth-order valence-corrected chi connectivity index (χ4v) is 3.10. The number of hydrogen-bond acceptors (Lipinski definition) is 8. The van der Waals surface area contributed by atoms with Crippen molar-refractivity contribution in [2.24, 2.45) is 0 Å². The first-order chi connectivity index (χ1) is 15.2. The van der Waals surface area contributed by atoms with Crippen molar-refractivity contribution in [2.75, 3.05) is 21.3 Å². The Morgan fingerprint density at radius 1 is 0.871 bits per heavy atom. The Morgan fingerprint density at radius 2 is 1.68 bits per heavy atom. The largest absolute Gasteiger partial charge is 0.493 e. The predicted octanol–water partition coefficient (Wildman–Crippen LogP) is 3.09. The molecule has 4 aromatic rings. The van der Waals surface area contributed by atoms with Crippen LogP contribution in [0.2, 0.25) is 0 Å².